The van der Waals surface area contributed by atoms with Gasteiger partial charge in [-0.3, -0.25) is 9.59 Å². The zero-order valence-electron chi connectivity index (χ0n) is 11.9. The number of pyridine rings is 1. The Hall–Kier alpha value is -2.88. The Morgan fingerprint density at radius 2 is 1.55 bits per heavy atom. The van der Waals surface area contributed by atoms with Crippen LogP contribution in [0.25, 0.3) is 21.9 Å². The minimum Gasteiger partial charge on any atom is -0.349 e. The highest BCUT2D eigenvalue weighted by Crippen LogP contribution is 2.31. The van der Waals surface area contributed by atoms with Crippen LogP contribution in [0.15, 0.2) is 59.4 Å². The molecule has 1 N–H and O–H groups in total. The van der Waals surface area contributed by atoms with Gasteiger partial charge >= 0.3 is 0 Å². The molecule has 3 aromatic rings. The van der Waals surface area contributed by atoms with E-state index in [0.717, 1.165) is 16.5 Å². The van der Waals surface area contributed by atoms with Crippen LogP contribution in [0, 0.1) is 0 Å². The Bertz CT molecular complexity index is 942. The van der Waals surface area contributed by atoms with Gasteiger partial charge in [0.1, 0.15) is 5.69 Å². The van der Waals surface area contributed by atoms with Gasteiger partial charge < -0.3 is 9.88 Å². The van der Waals surface area contributed by atoms with Gasteiger partial charge in [0.2, 0.25) is 0 Å². The predicted octanol–water partition coefficient (Wildman–Crippen LogP) is 2.41. The van der Waals surface area contributed by atoms with Crippen molar-refractivity contribution in [2.75, 3.05) is 6.54 Å². The van der Waals surface area contributed by atoms with Gasteiger partial charge in [0.05, 0.1) is 0 Å². The fourth-order valence-corrected chi connectivity index (χ4v) is 3.11. The van der Waals surface area contributed by atoms with E-state index in [-0.39, 0.29) is 11.5 Å². The maximum atomic E-state index is 12.7. The van der Waals surface area contributed by atoms with Crippen molar-refractivity contribution in [2.45, 2.75) is 6.54 Å². The molecule has 1 aromatic heterocycles. The van der Waals surface area contributed by atoms with E-state index in [1.807, 2.05) is 54.6 Å². The van der Waals surface area contributed by atoms with Crippen molar-refractivity contribution in [3.63, 3.8) is 0 Å². The summed E-state index contributed by atoms with van der Waals surface area (Å²) in [7, 11) is 0. The first-order valence-corrected chi connectivity index (χ1v) is 7.26. The molecule has 2 aromatic carbocycles. The van der Waals surface area contributed by atoms with Gasteiger partial charge in [0.25, 0.3) is 11.5 Å². The van der Waals surface area contributed by atoms with E-state index >= 15 is 0 Å². The lowest BCUT2D eigenvalue weighted by molar-refractivity contribution is 0.0927. The summed E-state index contributed by atoms with van der Waals surface area (Å²) in [6.07, 6.45) is 0. The molecule has 0 spiro atoms. The molecule has 0 atom stereocenters. The molecule has 2 heterocycles. The van der Waals surface area contributed by atoms with Crippen LogP contribution < -0.4 is 10.9 Å². The van der Waals surface area contributed by atoms with Crippen molar-refractivity contribution >= 4 is 16.7 Å². The molecule has 0 unspecified atom stereocenters. The fourth-order valence-electron chi connectivity index (χ4n) is 3.11. The lowest BCUT2D eigenvalue weighted by Crippen LogP contribution is -2.41. The minimum atomic E-state index is -0.187. The van der Waals surface area contributed by atoms with E-state index in [4.69, 9.17) is 0 Å². The van der Waals surface area contributed by atoms with Crippen LogP contribution in [0.3, 0.4) is 0 Å². The zero-order chi connectivity index (χ0) is 15.1. The van der Waals surface area contributed by atoms with Gasteiger partial charge in [0.15, 0.2) is 0 Å². The number of aromatic nitrogens is 1. The topological polar surface area (TPSA) is 51.1 Å². The Kier molecular flexibility index (Phi) is 2.82. The molecule has 108 valence electrons. The Balaban J connectivity index is 2.23. The highest BCUT2D eigenvalue weighted by molar-refractivity contribution is 6.08. The summed E-state index contributed by atoms with van der Waals surface area (Å²) in [6.45, 7) is 0.989. The maximum Gasteiger partial charge on any atom is 0.268 e. The van der Waals surface area contributed by atoms with Crippen molar-refractivity contribution in [1.82, 2.24) is 9.88 Å². The summed E-state index contributed by atoms with van der Waals surface area (Å²) in [4.78, 5) is 25.1. The molecule has 4 nitrogen and oxygen atoms in total. The SMILES string of the molecule is O=C1NCCn2c1c(-c1ccccc1)c1ccccc1c2=O. The van der Waals surface area contributed by atoms with Crippen molar-refractivity contribution < 1.29 is 4.79 Å². The average molecular weight is 290 g/mol. The maximum absolute atomic E-state index is 12.7. The van der Waals surface area contributed by atoms with Crippen molar-refractivity contribution in [3.8, 4) is 11.1 Å². The van der Waals surface area contributed by atoms with Crippen LogP contribution in [-0.4, -0.2) is 17.0 Å². The summed E-state index contributed by atoms with van der Waals surface area (Å²) in [6, 6.07) is 17.2. The normalized spacial score (nSPS) is 13.7. The number of benzene rings is 2. The van der Waals surface area contributed by atoms with Crippen LogP contribution in [0.1, 0.15) is 10.5 Å². The quantitative estimate of drug-likeness (QED) is 0.748. The number of nitrogens with one attached hydrogen (secondary N) is 1. The zero-order valence-corrected chi connectivity index (χ0v) is 11.9. The van der Waals surface area contributed by atoms with Crippen LogP contribution in [-0.2, 0) is 6.54 Å². The molecule has 1 aliphatic heterocycles. The third-order valence-corrected chi connectivity index (χ3v) is 4.08. The summed E-state index contributed by atoms with van der Waals surface area (Å²) in [5.41, 5.74) is 2.13. The molecular weight excluding hydrogens is 276 g/mol. The highest BCUT2D eigenvalue weighted by atomic mass is 16.2. The monoisotopic (exact) mass is 290 g/mol. The van der Waals surface area contributed by atoms with E-state index in [0.29, 0.717) is 24.2 Å². The molecule has 0 saturated carbocycles. The second-order valence-electron chi connectivity index (χ2n) is 5.35. The minimum absolute atomic E-state index is 0.0971. The molecule has 1 amide bonds. The summed E-state index contributed by atoms with van der Waals surface area (Å²) < 4.78 is 1.60. The summed E-state index contributed by atoms with van der Waals surface area (Å²) in [5, 5.41) is 4.32. The lowest BCUT2D eigenvalue weighted by Gasteiger charge is -2.23. The smallest absolute Gasteiger partial charge is 0.268 e. The fraction of sp³-hybridized carbons (Fsp3) is 0.111. The van der Waals surface area contributed by atoms with Gasteiger partial charge in [-0.05, 0) is 17.0 Å². The van der Waals surface area contributed by atoms with Gasteiger partial charge in [-0.1, -0.05) is 48.5 Å². The number of rotatable bonds is 1. The van der Waals surface area contributed by atoms with Crippen LogP contribution in [0.4, 0.5) is 0 Å². The third kappa shape index (κ3) is 1.77. The number of hydrogen-bond acceptors (Lipinski definition) is 2. The Morgan fingerprint density at radius 3 is 2.32 bits per heavy atom. The molecule has 0 saturated heterocycles. The third-order valence-electron chi connectivity index (χ3n) is 4.08. The molecule has 4 heteroatoms. The van der Waals surface area contributed by atoms with E-state index in [1.54, 1.807) is 4.57 Å². The molecule has 0 bridgehead atoms. The van der Waals surface area contributed by atoms with E-state index in [1.165, 1.54) is 0 Å². The molecular formula is C18H14N2O2. The number of amides is 1. The van der Waals surface area contributed by atoms with E-state index < -0.39 is 0 Å². The number of nitrogens with zero attached hydrogens (tertiary/aromatic N) is 1. The number of carbonyl (C=O) groups is 1. The summed E-state index contributed by atoms with van der Waals surface area (Å²) in [5.74, 6) is -0.187. The Morgan fingerprint density at radius 1 is 0.864 bits per heavy atom. The average Bonchev–Trinajstić information content (AvgIpc) is 2.57. The van der Waals surface area contributed by atoms with Crippen molar-refractivity contribution in [2.24, 2.45) is 0 Å². The second kappa shape index (κ2) is 4.84. The number of hydrogen-bond donors (Lipinski definition) is 1. The first-order valence-electron chi connectivity index (χ1n) is 7.26. The largest absolute Gasteiger partial charge is 0.349 e. The van der Waals surface area contributed by atoms with Crippen LogP contribution in [0.2, 0.25) is 0 Å². The molecule has 0 aliphatic carbocycles. The lowest BCUT2D eigenvalue weighted by atomic mass is 9.96. The molecule has 4 rings (SSSR count). The number of carbonyl (C=O) groups excluding carboxylic acids is 1. The van der Waals surface area contributed by atoms with Crippen LogP contribution in [0.5, 0.6) is 0 Å². The first-order chi connectivity index (χ1) is 10.8. The Labute approximate surface area is 127 Å². The van der Waals surface area contributed by atoms with Gasteiger partial charge in [-0.2, -0.15) is 0 Å². The molecule has 0 fully saturated rings. The van der Waals surface area contributed by atoms with Crippen LogP contribution >= 0.6 is 0 Å². The predicted molar refractivity (Wildman–Crippen MR) is 86.0 cm³/mol. The van der Waals surface area contributed by atoms with Gasteiger partial charge in [0, 0.05) is 24.0 Å². The second-order valence-corrected chi connectivity index (χ2v) is 5.35. The van der Waals surface area contributed by atoms with Crippen molar-refractivity contribution in [1.29, 1.82) is 0 Å². The van der Waals surface area contributed by atoms with Gasteiger partial charge in [-0.25, -0.2) is 0 Å². The number of fused-ring (bicyclic) bond motifs is 2. The first kappa shape index (κ1) is 12.8. The standard InChI is InChI=1S/C18H14N2O2/c21-17-16-15(12-6-2-1-3-7-12)13-8-4-5-9-14(13)18(22)20(16)11-10-19-17/h1-9H,10-11H2,(H,19,21). The summed E-state index contributed by atoms with van der Waals surface area (Å²) >= 11 is 0. The molecule has 22 heavy (non-hydrogen) atoms. The van der Waals surface area contributed by atoms with E-state index in [9.17, 15) is 9.59 Å². The molecule has 0 radical (unpaired) electrons. The van der Waals surface area contributed by atoms with Crippen molar-refractivity contribution in [3.05, 3.63) is 70.6 Å². The van der Waals surface area contributed by atoms with E-state index in [2.05, 4.69) is 5.32 Å². The highest BCUT2D eigenvalue weighted by Gasteiger charge is 2.25. The van der Waals surface area contributed by atoms with Gasteiger partial charge in [-0.15, -0.1) is 0 Å². The molecule has 1 aliphatic rings.